The van der Waals surface area contributed by atoms with Crippen LogP contribution in [0.15, 0.2) is 0 Å². The first-order valence-corrected chi connectivity index (χ1v) is 3.50. The Kier molecular flexibility index (Phi) is 7.70. The highest BCUT2D eigenvalue weighted by Gasteiger charge is 2.06. The Morgan fingerprint density at radius 1 is 0.769 bits per heavy atom. The van der Waals surface area contributed by atoms with E-state index in [1.54, 1.807) is 0 Å². The maximum Gasteiger partial charge on any atom is 0.274 e. The Morgan fingerprint density at radius 3 is 1.31 bits per heavy atom. The van der Waals surface area contributed by atoms with Gasteiger partial charge in [-0.25, -0.2) is 0 Å². The van der Waals surface area contributed by atoms with E-state index in [0.29, 0.717) is 0 Å². The van der Waals surface area contributed by atoms with Crippen molar-refractivity contribution in [3.05, 3.63) is 0 Å². The molecule has 3 heteroatoms. The molecule has 0 aromatic rings. The molecule has 0 N–H and O–H groups in total. The smallest absolute Gasteiger partial charge is 0.274 e. The first-order chi connectivity index (χ1) is 6.35. The summed E-state index contributed by atoms with van der Waals surface area (Å²) >= 11 is 0. The van der Waals surface area contributed by atoms with Crippen LogP contribution in [0.4, 0.5) is 0 Å². The van der Waals surface area contributed by atoms with Gasteiger partial charge in [-0.2, -0.15) is 0 Å². The van der Waals surface area contributed by atoms with E-state index in [4.69, 9.17) is 33.5 Å². The molecule has 0 unspecified atom stereocenters. The van der Waals surface area contributed by atoms with Crippen molar-refractivity contribution in [3.63, 3.8) is 0 Å². The summed E-state index contributed by atoms with van der Waals surface area (Å²) in [6.07, 6.45) is 14.9. The van der Waals surface area contributed by atoms with E-state index in [1.807, 2.05) is 0 Å². The average molecular weight is 178 g/mol. The average Bonchev–Trinajstić information content (AvgIpc) is 2.17. The van der Waals surface area contributed by atoms with Gasteiger partial charge in [0, 0.05) is 0 Å². The van der Waals surface area contributed by atoms with Gasteiger partial charge < -0.3 is 14.2 Å². The van der Waals surface area contributed by atoms with E-state index < -0.39 is 6.48 Å². The van der Waals surface area contributed by atoms with E-state index in [9.17, 15) is 0 Å². The van der Waals surface area contributed by atoms with Gasteiger partial charge in [-0.1, -0.05) is 17.8 Å². The fraction of sp³-hybridized carbons (Fsp3) is 0.400. The summed E-state index contributed by atoms with van der Waals surface area (Å²) in [5, 5.41) is 0. The number of hydrogen-bond acceptors (Lipinski definition) is 3. The fourth-order valence-electron chi connectivity index (χ4n) is 0.493. The van der Waals surface area contributed by atoms with Gasteiger partial charge in [0.05, 0.1) is 0 Å². The van der Waals surface area contributed by atoms with E-state index in [-0.39, 0.29) is 19.8 Å². The van der Waals surface area contributed by atoms with Crippen molar-refractivity contribution in [3.8, 4) is 37.0 Å². The molecule has 0 aromatic carbocycles. The molecular formula is C10H10O3. The zero-order chi connectivity index (χ0) is 9.94. The molecule has 13 heavy (non-hydrogen) atoms. The molecule has 0 bridgehead atoms. The van der Waals surface area contributed by atoms with Crippen LogP contribution in [0.3, 0.4) is 0 Å². The topological polar surface area (TPSA) is 27.7 Å². The molecule has 0 saturated carbocycles. The molecule has 0 rings (SSSR count). The predicted molar refractivity (Wildman–Crippen MR) is 48.1 cm³/mol. The van der Waals surface area contributed by atoms with Crippen LogP contribution in [-0.2, 0) is 14.2 Å². The van der Waals surface area contributed by atoms with Crippen LogP contribution in [0.1, 0.15) is 0 Å². The van der Waals surface area contributed by atoms with Crippen molar-refractivity contribution in [1.29, 1.82) is 0 Å². The van der Waals surface area contributed by atoms with E-state index in [0.717, 1.165) is 0 Å². The van der Waals surface area contributed by atoms with Crippen LogP contribution in [0.5, 0.6) is 0 Å². The van der Waals surface area contributed by atoms with Gasteiger partial charge >= 0.3 is 0 Å². The van der Waals surface area contributed by atoms with Crippen molar-refractivity contribution >= 4 is 0 Å². The van der Waals surface area contributed by atoms with Crippen LogP contribution in [0, 0.1) is 37.0 Å². The van der Waals surface area contributed by atoms with E-state index in [2.05, 4.69) is 17.8 Å². The van der Waals surface area contributed by atoms with Crippen molar-refractivity contribution in [1.82, 2.24) is 0 Å². The summed E-state index contributed by atoms with van der Waals surface area (Å²) in [6, 6.07) is 0. The Balaban J connectivity index is 3.70. The fourth-order valence-corrected chi connectivity index (χ4v) is 0.493. The van der Waals surface area contributed by atoms with Gasteiger partial charge in [0.1, 0.15) is 19.8 Å². The molecule has 0 aliphatic rings. The lowest BCUT2D eigenvalue weighted by Crippen LogP contribution is -2.21. The summed E-state index contributed by atoms with van der Waals surface area (Å²) in [6.45, 7) is -0.637. The van der Waals surface area contributed by atoms with E-state index in [1.165, 1.54) is 0 Å². The molecule has 0 radical (unpaired) electrons. The number of terminal acetylenes is 3. The van der Waals surface area contributed by atoms with Gasteiger partial charge in [0.25, 0.3) is 6.48 Å². The first kappa shape index (κ1) is 11.6. The summed E-state index contributed by atoms with van der Waals surface area (Å²) in [4.78, 5) is 0. The minimum atomic E-state index is -0.886. The molecular weight excluding hydrogens is 168 g/mol. The lowest BCUT2D eigenvalue weighted by molar-refractivity contribution is -0.272. The minimum Gasteiger partial charge on any atom is -0.317 e. The highest BCUT2D eigenvalue weighted by Crippen LogP contribution is 1.96. The predicted octanol–water partition coefficient (Wildman–Crippen LogP) is 0.219. The maximum absolute atomic E-state index is 4.97. The maximum atomic E-state index is 4.97. The Bertz CT molecular complexity index is 196. The number of ether oxygens (including phenoxy) is 3. The minimum absolute atomic E-state index is 0.0831. The Labute approximate surface area is 78.4 Å². The van der Waals surface area contributed by atoms with Crippen LogP contribution in [-0.4, -0.2) is 26.3 Å². The molecule has 0 aliphatic heterocycles. The summed E-state index contributed by atoms with van der Waals surface area (Å²) < 4.78 is 14.8. The Hall–Kier alpha value is -1.44. The van der Waals surface area contributed by atoms with Crippen molar-refractivity contribution in [2.75, 3.05) is 19.8 Å². The van der Waals surface area contributed by atoms with Gasteiger partial charge in [-0.15, -0.1) is 19.3 Å². The molecule has 0 fully saturated rings. The molecule has 0 amide bonds. The molecule has 3 nitrogen and oxygen atoms in total. The second kappa shape index (κ2) is 8.65. The van der Waals surface area contributed by atoms with Crippen LogP contribution in [0.2, 0.25) is 0 Å². The lowest BCUT2D eigenvalue weighted by Gasteiger charge is -2.14. The standard InChI is InChI=1S/C10H10O3/c1-4-7-11-10(12-8-5-2)13-9-6-3/h1-3,10H,7-9H2. The monoisotopic (exact) mass is 178 g/mol. The van der Waals surface area contributed by atoms with Crippen LogP contribution >= 0.6 is 0 Å². The van der Waals surface area contributed by atoms with E-state index >= 15 is 0 Å². The normalized spacial score (nSPS) is 8.77. The second-order valence-electron chi connectivity index (χ2n) is 1.83. The third kappa shape index (κ3) is 6.94. The van der Waals surface area contributed by atoms with Gasteiger partial charge in [-0.3, -0.25) is 0 Å². The summed E-state index contributed by atoms with van der Waals surface area (Å²) in [5.74, 6) is 6.80. The number of hydrogen-bond donors (Lipinski definition) is 0. The molecule has 0 aliphatic carbocycles. The van der Waals surface area contributed by atoms with Crippen molar-refractivity contribution in [2.45, 2.75) is 6.48 Å². The highest BCUT2D eigenvalue weighted by atomic mass is 16.8. The lowest BCUT2D eigenvalue weighted by atomic mass is 10.7. The molecule has 68 valence electrons. The molecule has 0 heterocycles. The van der Waals surface area contributed by atoms with Gasteiger partial charge in [0.15, 0.2) is 0 Å². The third-order valence-electron chi connectivity index (χ3n) is 0.908. The van der Waals surface area contributed by atoms with Gasteiger partial charge in [-0.05, 0) is 0 Å². The van der Waals surface area contributed by atoms with Crippen LogP contribution in [0.25, 0.3) is 0 Å². The summed E-state index contributed by atoms with van der Waals surface area (Å²) in [7, 11) is 0. The van der Waals surface area contributed by atoms with Gasteiger partial charge in [0.2, 0.25) is 0 Å². The second-order valence-corrected chi connectivity index (χ2v) is 1.83. The highest BCUT2D eigenvalue weighted by molar-refractivity contribution is 4.85. The molecule has 0 aromatic heterocycles. The molecule has 0 spiro atoms. The largest absolute Gasteiger partial charge is 0.317 e. The summed E-state index contributed by atoms with van der Waals surface area (Å²) in [5.41, 5.74) is 0. The van der Waals surface area contributed by atoms with Crippen molar-refractivity contribution < 1.29 is 14.2 Å². The SMILES string of the molecule is C#CCOC(OCC#C)OCC#C. The zero-order valence-electron chi connectivity index (χ0n) is 7.16. The molecule has 0 saturated heterocycles. The zero-order valence-corrected chi connectivity index (χ0v) is 7.16. The van der Waals surface area contributed by atoms with Crippen LogP contribution < -0.4 is 0 Å². The molecule has 0 atom stereocenters. The van der Waals surface area contributed by atoms with Crippen molar-refractivity contribution in [2.24, 2.45) is 0 Å². The number of rotatable bonds is 6. The third-order valence-corrected chi connectivity index (χ3v) is 0.908. The quantitative estimate of drug-likeness (QED) is 0.430. The first-order valence-electron chi connectivity index (χ1n) is 3.50. The Morgan fingerprint density at radius 2 is 1.08 bits per heavy atom.